The lowest BCUT2D eigenvalue weighted by Crippen LogP contribution is -1.88. The van der Waals surface area contributed by atoms with Crippen molar-refractivity contribution < 1.29 is 4.39 Å². The van der Waals surface area contributed by atoms with Gasteiger partial charge in [0.25, 0.3) is 0 Å². The summed E-state index contributed by atoms with van der Waals surface area (Å²) in [5.41, 5.74) is 1.06. The molecule has 0 radical (unpaired) electrons. The van der Waals surface area contributed by atoms with Crippen LogP contribution in [0.25, 0.3) is 11.3 Å². The minimum Gasteiger partial charge on any atom is -0.245 e. The van der Waals surface area contributed by atoms with Gasteiger partial charge in [-0.15, -0.1) is 0 Å². The maximum atomic E-state index is 13.4. The molecule has 0 aliphatic heterocycles. The molecule has 1 aromatic heterocycles. The van der Waals surface area contributed by atoms with Gasteiger partial charge in [-0.3, -0.25) is 0 Å². The van der Waals surface area contributed by atoms with E-state index in [4.69, 9.17) is 0 Å². The van der Waals surface area contributed by atoms with Crippen molar-refractivity contribution in [1.82, 2.24) is 9.97 Å². The molecule has 2 aromatic rings. The Morgan fingerprint density at radius 1 is 1.21 bits per heavy atom. The zero-order valence-corrected chi connectivity index (χ0v) is 8.70. The standard InChI is InChI=1S/C10H6BrFN2/c11-7-1-2-9(12)8(5-7)10-3-4-13-6-14-10/h1-6H. The Labute approximate surface area is 89.0 Å². The van der Waals surface area contributed by atoms with Gasteiger partial charge in [0.05, 0.1) is 5.69 Å². The van der Waals surface area contributed by atoms with Gasteiger partial charge < -0.3 is 0 Å². The zero-order chi connectivity index (χ0) is 9.97. The van der Waals surface area contributed by atoms with Crippen LogP contribution in [0.15, 0.2) is 41.3 Å². The molecule has 1 aromatic carbocycles. The maximum Gasteiger partial charge on any atom is 0.132 e. The summed E-state index contributed by atoms with van der Waals surface area (Å²) in [7, 11) is 0. The molecule has 2 nitrogen and oxygen atoms in total. The van der Waals surface area contributed by atoms with E-state index in [0.717, 1.165) is 4.47 Å². The number of hydrogen-bond acceptors (Lipinski definition) is 2. The van der Waals surface area contributed by atoms with E-state index >= 15 is 0 Å². The van der Waals surface area contributed by atoms with E-state index in [-0.39, 0.29) is 5.82 Å². The number of aromatic nitrogens is 2. The molecule has 0 atom stereocenters. The molecule has 0 saturated carbocycles. The van der Waals surface area contributed by atoms with E-state index in [1.807, 2.05) is 0 Å². The summed E-state index contributed by atoms with van der Waals surface area (Å²) in [6.45, 7) is 0. The molecule has 0 bridgehead atoms. The van der Waals surface area contributed by atoms with Gasteiger partial charge in [-0.05, 0) is 24.3 Å². The van der Waals surface area contributed by atoms with E-state index in [9.17, 15) is 4.39 Å². The molecule has 0 amide bonds. The number of halogens is 2. The van der Waals surface area contributed by atoms with Crippen molar-refractivity contribution in [2.24, 2.45) is 0 Å². The molecule has 1 heterocycles. The lowest BCUT2D eigenvalue weighted by Gasteiger charge is -2.01. The van der Waals surface area contributed by atoms with E-state index in [1.54, 1.807) is 24.4 Å². The van der Waals surface area contributed by atoms with Gasteiger partial charge in [-0.1, -0.05) is 15.9 Å². The molecule has 2 rings (SSSR count). The lowest BCUT2D eigenvalue weighted by molar-refractivity contribution is 0.630. The van der Waals surface area contributed by atoms with Gasteiger partial charge in [0.2, 0.25) is 0 Å². The lowest BCUT2D eigenvalue weighted by atomic mass is 10.1. The van der Waals surface area contributed by atoms with Crippen LogP contribution in [-0.2, 0) is 0 Å². The van der Waals surface area contributed by atoms with Crippen LogP contribution in [0, 0.1) is 5.82 Å². The highest BCUT2D eigenvalue weighted by atomic mass is 79.9. The summed E-state index contributed by atoms with van der Waals surface area (Å²) in [5, 5.41) is 0. The van der Waals surface area contributed by atoms with Crippen LogP contribution in [0.3, 0.4) is 0 Å². The van der Waals surface area contributed by atoms with Gasteiger partial charge in [0.15, 0.2) is 0 Å². The quantitative estimate of drug-likeness (QED) is 0.780. The van der Waals surface area contributed by atoms with E-state index < -0.39 is 0 Å². The number of nitrogens with zero attached hydrogens (tertiary/aromatic N) is 2. The first-order valence-electron chi connectivity index (χ1n) is 3.99. The SMILES string of the molecule is Fc1ccc(Br)cc1-c1ccncn1. The van der Waals surface area contributed by atoms with Crippen LogP contribution < -0.4 is 0 Å². The molecule has 4 heteroatoms. The summed E-state index contributed by atoms with van der Waals surface area (Å²) in [4.78, 5) is 7.76. The fraction of sp³-hybridized carbons (Fsp3) is 0. The molecular formula is C10H6BrFN2. The monoisotopic (exact) mass is 252 g/mol. The van der Waals surface area contributed by atoms with Crippen LogP contribution in [0.1, 0.15) is 0 Å². The fourth-order valence-electron chi connectivity index (χ4n) is 1.14. The molecule has 0 N–H and O–H groups in total. The Morgan fingerprint density at radius 2 is 2.07 bits per heavy atom. The van der Waals surface area contributed by atoms with Gasteiger partial charge in [0, 0.05) is 16.2 Å². The highest BCUT2D eigenvalue weighted by Gasteiger charge is 2.05. The minimum absolute atomic E-state index is 0.285. The van der Waals surface area contributed by atoms with Gasteiger partial charge >= 0.3 is 0 Å². The third-order valence-corrected chi connectivity index (χ3v) is 2.28. The summed E-state index contributed by atoms with van der Waals surface area (Å²) in [5.74, 6) is -0.285. The van der Waals surface area contributed by atoms with Gasteiger partial charge in [0.1, 0.15) is 12.1 Å². The molecule has 0 fully saturated rings. The van der Waals surface area contributed by atoms with Crippen LogP contribution in [0.2, 0.25) is 0 Å². The highest BCUT2D eigenvalue weighted by molar-refractivity contribution is 9.10. The van der Waals surface area contributed by atoms with Crippen molar-refractivity contribution in [3.8, 4) is 11.3 Å². The van der Waals surface area contributed by atoms with Crippen molar-refractivity contribution in [2.45, 2.75) is 0 Å². The molecule has 70 valence electrons. The first-order valence-corrected chi connectivity index (χ1v) is 4.78. The Balaban J connectivity index is 2.57. The van der Waals surface area contributed by atoms with E-state index in [0.29, 0.717) is 11.3 Å². The summed E-state index contributed by atoms with van der Waals surface area (Å²) in [6.07, 6.45) is 2.98. The summed E-state index contributed by atoms with van der Waals surface area (Å²) >= 11 is 3.28. The number of hydrogen-bond donors (Lipinski definition) is 0. The van der Waals surface area contributed by atoms with Crippen molar-refractivity contribution in [2.75, 3.05) is 0 Å². The molecule has 0 spiro atoms. The second-order valence-electron chi connectivity index (χ2n) is 2.72. The van der Waals surface area contributed by atoms with Crippen molar-refractivity contribution in [3.05, 3.63) is 47.1 Å². The Morgan fingerprint density at radius 3 is 2.79 bits per heavy atom. The van der Waals surface area contributed by atoms with Crippen LogP contribution in [0.4, 0.5) is 4.39 Å². The minimum atomic E-state index is -0.285. The topological polar surface area (TPSA) is 25.8 Å². The number of benzene rings is 1. The Kier molecular flexibility index (Phi) is 2.54. The smallest absolute Gasteiger partial charge is 0.132 e. The normalized spacial score (nSPS) is 10.1. The summed E-state index contributed by atoms with van der Waals surface area (Å²) in [6, 6.07) is 6.42. The van der Waals surface area contributed by atoms with Crippen molar-refractivity contribution in [3.63, 3.8) is 0 Å². The second-order valence-corrected chi connectivity index (χ2v) is 3.63. The van der Waals surface area contributed by atoms with Crippen LogP contribution >= 0.6 is 15.9 Å². The molecule has 0 saturated heterocycles. The molecule has 0 aliphatic rings. The third kappa shape index (κ3) is 1.80. The maximum absolute atomic E-state index is 13.4. The van der Waals surface area contributed by atoms with Crippen LogP contribution in [0.5, 0.6) is 0 Å². The largest absolute Gasteiger partial charge is 0.245 e. The predicted octanol–water partition coefficient (Wildman–Crippen LogP) is 3.05. The Hall–Kier alpha value is -1.29. The molecular weight excluding hydrogens is 247 g/mol. The van der Waals surface area contributed by atoms with E-state index in [1.165, 1.54) is 12.4 Å². The van der Waals surface area contributed by atoms with Gasteiger partial charge in [-0.25, -0.2) is 14.4 Å². The fourth-order valence-corrected chi connectivity index (χ4v) is 1.50. The first-order chi connectivity index (χ1) is 6.77. The number of rotatable bonds is 1. The highest BCUT2D eigenvalue weighted by Crippen LogP contribution is 2.23. The average Bonchev–Trinajstić information content (AvgIpc) is 2.23. The zero-order valence-electron chi connectivity index (χ0n) is 7.11. The predicted molar refractivity (Wildman–Crippen MR) is 55.1 cm³/mol. The summed E-state index contributed by atoms with van der Waals surface area (Å²) < 4.78 is 14.2. The third-order valence-electron chi connectivity index (χ3n) is 1.79. The average molecular weight is 253 g/mol. The second kappa shape index (κ2) is 3.84. The molecule has 0 unspecified atom stereocenters. The van der Waals surface area contributed by atoms with Gasteiger partial charge in [-0.2, -0.15) is 0 Å². The van der Waals surface area contributed by atoms with Crippen LogP contribution in [-0.4, -0.2) is 9.97 Å². The first kappa shape index (κ1) is 9.27. The Bertz CT molecular complexity index is 445. The van der Waals surface area contributed by atoms with Crippen molar-refractivity contribution >= 4 is 15.9 Å². The molecule has 14 heavy (non-hydrogen) atoms. The van der Waals surface area contributed by atoms with Crippen molar-refractivity contribution in [1.29, 1.82) is 0 Å². The van der Waals surface area contributed by atoms with E-state index in [2.05, 4.69) is 25.9 Å². The molecule has 0 aliphatic carbocycles.